The minimum Gasteiger partial charge on any atom is -0.207 e. The van der Waals surface area contributed by atoms with Crippen molar-refractivity contribution in [2.45, 2.75) is 50.3 Å². The summed E-state index contributed by atoms with van der Waals surface area (Å²) in [5.41, 5.74) is -0.155. The van der Waals surface area contributed by atoms with Crippen LogP contribution in [0.1, 0.15) is 55.9 Å². The summed E-state index contributed by atoms with van der Waals surface area (Å²) in [6, 6.07) is 1.44. The van der Waals surface area contributed by atoms with Gasteiger partial charge in [-0.25, -0.2) is 13.2 Å². The van der Waals surface area contributed by atoms with Crippen molar-refractivity contribution < 1.29 is 13.2 Å². The molecule has 4 atom stereocenters. The lowest BCUT2D eigenvalue weighted by Crippen LogP contribution is -2.29. The SMILES string of the molecule is Fc1cc(F)c(C(Cl)C2CCC3CCCCC3C2)c(F)c1. The average molecular weight is 317 g/mol. The summed E-state index contributed by atoms with van der Waals surface area (Å²) < 4.78 is 40.8. The number of benzene rings is 1. The largest absolute Gasteiger partial charge is 0.207 e. The molecule has 2 saturated carbocycles. The first-order chi connectivity index (χ1) is 10.1. The molecule has 0 nitrogen and oxygen atoms in total. The Bertz CT molecular complexity index is 494. The molecule has 2 aliphatic rings. The number of halogens is 4. The monoisotopic (exact) mass is 316 g/mol. The predicted molar refractivity (Wildman–Crippen MR) is 77.7 cm³/mol. The van der Waals surface area contributed by atoms with Crippen LogP contribution in [0.4, 0.5) is 13.2 Å². The molecule has 1 aromatic rings. The highest BCUT2D eigenvalue weighted by molar-refractivity contribution is 6.21. The van der Waals surface area contributed by atoms with Crippen molar-refractivity contribution in [1.82, 2.24) is 0 Å². The number of hydrogen-bond acceptors (Lipinski definition) is 0. The summed E-state index contributed by atoms with van der Waals surface area (Å²) in [5.74, 6) is -1.13. The molecule has 4 heteroatoms. The standard InChI is InChI=1S/C17H20ClF3/c18-17(16-14(20)8-13(19)9-15(16)21)12-6-5-10-3-1-2-4-11(10)7-12/h8-12,17H,1-7H2. The third-order valence-electron chi connectivity index (χ3n) is 5.31. The molecule has 1 aromatic carbocycles. The van der Waals surface area contributed by atoms with Crippen molar-refractivity contribution in [2.75, 3.05) is 0 Å². The van der Waals surface area contributed by atoms with E-state index < -0.39 is 22.8 Å². The van der Waals surface area contributed by atoms with Gasteiger partial charge >= 0.3 is 0 Å². The van der Waals surface area contributed by atoms with Gasteiger partial charge in [-0.2, -0.15) is 0 Å². The lowest BCUT2D eigenvalue weighted by molar-refractivity contribution is 0.126. The molecule has 0 aromatic heterocycles. The quantitative estimate of drug-likeness (QED) is 0.588. The van der Waals surface area contributed by atoms with Crippen molar-refractivity contribution in [3.05, 3.63) is 35.1 Å². The van der Waals surface area contributed by atoms with Crippen molar-refractivity contribution in [1.29, 1.82) is 0 Å². The fourth-order valence-corrected chi connectivity index (χ4v) is 4.67. The number of fused-ring (bicyclic) bond motifs is 1. The molecule has 0 heterocycles. The van der Waals surface area contributed by atoms with E-state index in [1.165, 1.54) is 25.7 Å². The fourth-order valence-electron chi connectivity index (χ4n) is 4.23. The zero-order chi connectivity index (χ0) is 15.0. The van der Waals surface area contributed by atoms with Crippen LogP contribution in [-0.4, -0.2) is 0 Å². The Balaban J connectivity index is 1.78. The van der Waals surface area contributed by atoms with Gasteiger partial charge < -0.3 is 0 Å². The van der Waals surface area contributed by atoms with Crippen molar-refractivity contribution >= 4 is 11.6 Å². The average Bonchev–Trinajstić information content (AvgIpc) is 2.45. The fraction of sp³-hybridized carbons (Fsp3) is 0.647. The topological polar surface area (TPSA) is 0 Å². The Hall–Kier alpha value is -0.700. The van der Waals surface area contributed by atoms with Crippen LogP contribution in [-0.2, 0) is 0 Å². The van der Waals surface area contributed by atoms with Crippen LogP contribution in [0, 0.1) is 35.2 Å². The van der Waals surface area contributed by atoms with E-state index in [1.54, 1.807) is 0 Å². The lowest BCUT2D eigenvalue weighted by atomic mass is 9.66. The van der Waals surface area contributed by atoms with Crippen molar-refractivity contribution in [3.8, 4) is 0 Å². The van der Waals surface area contributed by atoms with E-state index in [2.05, 4.69) is 0 Å². The van der Waals surface area contributed by atoms with Gasteiger partial charge in [0.15, 0.2) is 0 Å². The summed E-state index contributed by atoms with van der Waals surface area (Å²) in [7, 11) is 0. The first-order valence-corrected chi connectivity index (χ1v) is 8.28. The van der Waals surface area contributed by atoms with E-state index in [0.717, 1.165) is 37.3 Å². The van der Waals surface area contributed by atoms with Crippen LogP contribution in [0.2, 0.25) is 0 Å². The number of hydrogen-bond donors (Lipinski definition) is 0. The second kappa shape index (κ2) is 6.20. The molecule has 2 fully saturated rings. The highest BCUT2D eigenvalue weighted by atomic mass is 35.5. The maximum absolute atomic E-state index is 13.9. The first kappa shape index (κ1) is 15.2. The van der Waals surface area contributed by atoms with E-state index in [1.807, 2.05) is 0 Å². The molecule has 0 saturated heterocycles. The van der Waals surface area contributed by atoms with Gasteiger partial charge in [0.05, 0.1) is 5.38 Å². The summed E-state index contributed by atoms with van der Waals surface area (Å²) in [6.07, 6.45) is 7.99. The van der Waals surface area contributed by atoms with Crippen LogP contribution in [0.5, 0.6) is 0 Å². The van der Waals surface area contributed by atoms with Gasteiger partial charge in [0.1, 0.15) is 17.5 Å². The van der Waals surface area contributed by atoms with Crippen LogP contribution in [0.3, 0.4) is 0 Å². The van der Waals surface area contributed by atoms with Crippen LogP contribution in [0.15, 0.2) is 12.1 Å². The Morgan fingerprint density at radius 3 is 2.19 bits per heavy atom. The molecule has 0 N–H and O–H groups in total. The third-order valence-corrected chi connectivity index (χ3v) is 5.89. The summed E-state index contributed by atoms with van der Waals surface area (Å²) in [4.78, 5) is 0. The highest BCUT2D eigenvalue weighted by Gasteiger charge is 2.36. The predicted octanol–water partition coefficient (Wildman–Crippen LogP) is 5.99. The van der Waals surface area contributed by atoms with Gasteiger partial charge in [0.25, 0.3) is 0 Å². The van der Waals surface area contributed by atoms with Crippen molar-refractivity contribution in [2.24, 2.45) is 17.8 Å². The molecular formula is C17H20ClF3. The lowest BCUT2D eigenvalue weighted by Gasteiger charge is -2.40. The molecule has 21 heavy (non-hydrogen) atoms. The van der Waals surface area contributed by atoms with Crippen LogP contribution < -0.4 is 0 Å². The van der Waals surface area contributed by atoms with E-state index in [0.29, 0.717) is 5.92 Å². The molecule has 0 amide bonds. The van der Waals surface area contributed by atoms with E-state index in [9.17, 15) is 13.2 Å². The molecule has 4 unspecified atom stereocenters. The van der Waals surface area contributed by atoms with Gasteiger partial charge in [0.2, 0.25) is 0 Å². The smallest absolute Gasteiger partial charge is 0.133 e. The van der Waals surface area contributed by atoms with E-state index >= 15 is 0 Å². The molecule has 3 rings (SSSR count). The van der Waals surface area contributed by atoms with Gasteiger partial charge in [-0.3, -0.25) is 0 Å². The van der Waals surface area contributed by atoms with Crippen molar-refractivity contribution in [3.63, 3.8) is 0 Å². The minimum atomic E-state index is -0.895. The molecule has 116 valence electrons. The zero-order valence-electron chi connectivity index (χ0n) is 11.9. The van der Waals surface area contributed by atoms with Crippen LogP contribution in [0.25, 0.3) is 0 Å². The van der Waals surface area contributed by atoms with Gasteiger partial charge in [-0.05, 0) is 37.0 Å². The maximum Gasteiger partial charge on any atom is 0.133 e. The number of rotatable bonds is 2. The Morgan fingerprint density at radius 1 is 0.905 bits per heavy atom. The minimum absolute atomic E-state index is 0.0838. The molecule has 2 aliphatic carbocycles. The molecular weight excluding hydrogens is 297 g/mol. The number of alkyl halides is 1. The first-order valence-electron chi connectivity index (χ1n) is 7.84. The molecule has 0 aliphatic heterocycles. The summed E-state index contributed by atoms with van der Waals surface area (Å²) >= 11 is 6.38. The summed E-state index contributed by atoms with van der Waals surface area (Å²) in [6.45, 7) is 0. The maximum atomic E-state index is 13.9. The van der Waals surface area contributed by atoms with Gasteiger partial charge in [0, 0.05) is 17.7 Å². The van der Waals surface area contributed by atoms with Crippen LogP contribution >= 0.6 is 11.6 Å². The Labute approximate surface area is 128 Å². The molecule has 0 bridgehead atoms. The third kappa shape index (κ3) is 3.08. The highest BCUT2D eigenvalue weighted by Crippen LogP contribution is 2.48. The zero-order valence-corrected chi connectivity index (χ0v) is 12.7. The van der Waals surface area contributed by atoms with Gasteiger partial charge in [-0.15, -0.1) is 11.6 Å². The summed E-state index contributed by atoms with van der Waals surface area (Å²) in [5, 5.41) is -0.700. The molecule has 0 radical (unpaired) electrons. The Morgan fingerprint density at radius 2 is 1.52 bits per heavy atom. The van der Waals surface area contributed by atoms with Gasteiger partial charge in [-0.1, -0.05) is 25.7 Å². The van der Waals surface area contributed by atoms with E-state index in [4.69, 9.17) is 11.6 Å². The normalized spacial score (nSPS) is 30.8. The second-order valence-corrected chi connectivity index (χ2v) is 7.03. The second-order valence-electron chi connectivity index (χ2n) is 6.56. The van der Waals surface area contributed by atoms with E-state index in [-0.39, 0.29) is 11.5 Å². The Kier molecular flexibility index (Phi) is 4.49. The molecule has 0 spiro atoms.